The van der Waals surface area contributed by atoms with E-state index in [1.54, 1.807) is 0 Å². The first-order valence-corrected chi connectivity index (χ1v) is 11.6. The number of fused-ring (bicyclic) bond motifs is 1. The molecule has 2 fully saturated rings. The van der Waals surface area contributed by atoms with Crippen LogP contribution < -0.4 is 0 Å². The number of aromatic nitrogens is 1. The van der Waals surface area contributed by atoms with Crippen molar-refractivity contribution in [3.63, 3.8) is 0 Å². The molecule has 2 heterocycles. The quantitative estimate of drug-likeness (QED) is 0.686. The maximum Gasteiger partial charge on any atom is 0.253 e. The molecule has 1 aromatic carbocycles. The first-order valence-electron chi connectivity index (χ1n) is 11.6. The van der Waals surface area contributed by atoms with Crippen molar-refractivity contribution >= 4 is 22.5 Å². The van der Waals surface area contributed by atoms with Crippen LogP contribution in [-0.4, -0.2) is 58.2 Å². The molecule has 1 aliphatic heterocycles. The van der Waals surface area contributed by atoms with Gasteiger partial charge in [0.2, 0.25) is 0 Å². The molecule has 2 aliphatic rings. The van der Waals surface area contributed by atoms with Gasteiger partial charge in [0.25, 0.3) is 5.91 Å². The molecule has 1 aliphatic carbocycles. The number of rotatable bonds is 6. The van der Waals surface area contributed by atoms with E-state index in [4.69, 9.17) is 5.41 Å². The summed E-state index contributed by atoms with van der Waals surface area (Å²) in [5.41, 5.74) is 2.71. The zero-order chi connectivity index (χ0) is 21.3. The van der Waals surface area contributed by atoms with Gasteiger partial charge in [0.1, 0.15) is 0 Å². The third kappa shape index (κ3) is 4.31. The molecule has 1 N–H and O–H groups in total. The van der Waals surface area contributed by atoms with Gasteiger partial charge >= 0.3 is 0 Å². The number of amides is 1. The lowest BCUT2D eigenvalue weighted by atomic mass is 10.0. The van der Waals surface area contributed by atoms with E-state index in [0.717, 1.165) is 60.8 Å². The second-order valence-electron chi connectivity index (χ2n) is 9.50. The Kier molecular flexibility index (Phi) is 6.28. The van der Waals surface area contributed by atoms with E-state index in [0.29, 0.717) is 0 Å². The third-order valence-corrected chi connectivity index (χ3v) is 7.10. The molecule has 30 heavy (non-hydrogen) atoms. The van der Waals surface area contributed by atoms with Crippen LogP contribution in [0.2, 0.25) is 0 Å². The van der Waals surface area contributed by atoms with Crippen molar-refractivity contribution in [3.8, 4) is 0 Å². The number of benzene rings is 1. The topological polar surface area (TPSA) is 52.3 Å². The highest BCUT2D eigenvalue weighted by Gasteiger charge is 2.28. The number of carbonyl (C=O) groups excluding carboxylic acids is 1. The summed E-state index contributed by atoms with van der Waals surface area (Å²) in [7, 11) is 0. The summed E-state index contributed by atoms with van der Waals surface area (Å²) in [4.78, 5) is 17.7. The number of nitrogens with one attached hydrogen (secondary N) is 1. The summed E-state index contributed by atoms with van der Waals surface area (Å²) in [6, 6.07) is 9.18. The van der Waals surface area contributed by atoms with Crippen LogP contribution in [0, 0.1) is 11.3 Å². The van der Waals surface area contributed by atoms with Gasteiger partial charge in [-0.05, 0) is 49.9 Å². The predicted molar refractivity (Wildman–Crippen MR) is 124 cm³/mol. The van der Waals surface area contributed by atoms with E-state index >= 15 is 0 Å². The monoisotopic (exact) mass is 408 g/mol. The van der Waals surface area contributed by atoms with Crippen molar-refractivity contribution in [3.05, 3.63) is 36.0 Å². The van der Waals surface area contributed by atoms with E-state index < -0.39 is 0 Å². The summed E-state index contributed by atoms with van der Waals surface area (Å²) in [6.45, 7) is 10.0. The molecule has 5 heteroatoms. The zero-order valence-electron chi connectivity index (χ0n) is 18.7. The van der Waals surface area contributed by atoms with Crippen LogP contribution in [0.1, 0.15) is 69.3 Å². The number of nitrogens with zero attached hydrogens (tertiary/aromatic N) is 3. The minimum atomic E-state index is 0.158. The normalized spacial score (nSPS) is 19.7. The van der Waals surface area contributed by atoms with Crippen LogP contribution in [0.5, 0.6) is 0 Å². The molecule has 5 nitrogen and oxygen atoms in total. The summed E-state index contributed by atoms with van der Waals surface area (Å²) < 4.78 is 2.24. The average Bonchev–Trinajstić information content (AvgIpc) is 3.43. The van der Waals surface area contributed by atoms with Crippen LogP contribution in [0.4, 0.5) is 0 Å². The van der Waals surface area contributed by atoms with E-state index in [2.05, 4.69) is 48.6 Å². The van der Waals surface area contributed by atoms with Gasteiger partial charge in [-0.1, -0.05) is 26.7 Å². The summed E-state index contributed by atoms with van der Waals surface area (Å²) in [5, 5.41) is 9.29. The first kappa shape index (κ1) is 21.1. The molecule has 1 unspecified atom stereocenters. The van der Waals surface area contributed by atoms with E-state index in [1.807, 2.05) is 17.0 Å². The van der Waals surface area contributed by atoms with E-state index in [9.17, 15) is 4.79 Å². The van der Waals surface area contributed by atoms with Crippen LogP contribution in [0.25, 0.3) is 10.9 Å². The highest BCUT2D eigenvalue weighted by molar-refractivity contribution is 5.98. The molecule has 0 bridgehead atoms. The minimum absolute atomic E-state index is 0.158. The van der Waals surface area contributed by atoms with Crippen LogP contribution in [0.15, 0.2) is 30.5 Å². The van der Waals surface area contributed by atoms with Crippen molar-refractivity contribution in [1.29, 1.82) is 5.41 Å². The number of piperazine rings is 1. The number of carbonyl (C=O) groups is 1. The van der Waals surface area contributed by atoms with Crippen molar-refractivity contribution in [1.82, 2.24) is 14.4 Å². The third-order valence-electron chi connectivity index (χ3n) is 7.10. The summed E-state index contributed by atoms with van der Waals surface area (Å²) in [5.74, 6) is 0.443. The summed E-state index contributed by atoms with van der Waals surface area (Å²) in [6.07, 6.45) is 8.24. The lowest BCUT2D eigenvalue weighted by Gasteiger charge is -2.38. The minimum Gasteiger partial charge on any atom is -0.344 e. The fourth-order valence-electron chi connectivity index (χ4n) is 5.08. The fraction of sp³-hybridized carbons (Fsp3) is 0.600. The number of hydrogen-bond donors (Lipinski definition) is 1. The van der Waals surface area contributed by atoms with Gasteiger partial charge in [0, 0.05) is 73.1 Å². The highest BCUT2D eigenvalue weighted by Crippen LogP contribution is 2.26. The maximum absolute atomic E-state index is 13.1. The van der Waals surface area contributed by atoms with Crippen molar-refractivity contribution in [2.24, 2.45) is 5.92 Å². The second-order valence-corrected chi connectivity index (χ2v) is 9.50. The van der Waals surface area contributed by atoms with Gasteiger partial charge in [0.05, 0.1) is 0 Å². The average molecular weight is 409 g/mol. The molecule has 0 spiro atoms. The van der Waals surface area contributed by atoms with Gasteiger partial charge in [-0.3, -0.25) is 9.69 Å². The smallest absolute Gasteiger partial charge is 0.253 e. The zero-order valence-corrected chi connectivity index (χ0v) is 18.7. The van der Waals surface area contributed by atoms with Gasteiger partial charge in [0.15, 0.2) is 0 Å². The van der Waals surface area contributed by atoms with Gasteiger partial charge in [-0.2, -0.15) is 0 Å². The van der Waals surface area contributed by atoms with E-state index in [1.165, 1.54) is 25.7 Å². The maximum atomic E-state index is 13.1. The Bertz CT molecular complexity index is 901. The van der Waals surface area contributed by atoms with Gasteiger partial charge < -0.3 is 14.9 Å². The largest absolute Gasteiger partial charge is 0.344 e. The van der Waals surface area contributed by atoms with Crippen LogP contribution in [0.3, 0.4) is 0 Å². The van der Waals surface area contributed by atoms with Crippen molar-refractivity contribution < 1.29 is 4.79 Å². The molecule has 4 rings (SSSR count). The van der Waals surface area contributed by atoms with Crippen LogP contribution in [-0.2, 0) is 0 Å². The Labute approximate surface area is 180 Å². The first-order chi connectivity index (χ1) is 14.4. The molecule has 1 saturated heterocycles. The van der Waals surface area contributed by atoms with Gasteiger partial charge in [-0.25, -0.2) is 0 Å². The van der Waals surface area contributed by atoms with Gasteiger partial charge in [-0.15, -0.1) is 0 Å². The second kappa shape index (κ2) is 8.93. The molecular formula is C25H36N4O. The van der Waals surface area contributed by atoms with Crippen LogP contribution >= 0.6 is 0 Å². The highest BCUT2D eigenvalue weighted by atomic mass is 16.2. The molecule has 1 aromatic heterocycles. The Hall–Kier alpha value is -2.14. The molecule has 1 amide bonds. The Morgan fingerprint density at radius 2 is 1.77 bits per heavy atom. The van der Waals surface area contributed by atoms with Crippen molar-refractivity contribution in [2.75, 3.05) is 26.2 Å². The molecule has 0 radical (unpaired) electrons. The molecule has 1 saturated carbocycles. The molecule has 162 valence electrons. The Morgan fingerprint density at radius 3 is 2.43 bits per heavy atom. The molecule has 1 atom stereocenters. The molecule has 2 aromatic rings. The van der Waals surface area contributed by atoms with E-state index in [-0.39, 0.29) is 17.9 Å². The molecular weight excluding hydrogens is 372 g/mol. The lowest BCUT2D eigenvalue weighted by molar-refractivity contribution is 0.0573. The predicted octanol–water partition coefficient (Wildman–Crippen LogP) is 4.97. The fourth-order valence-corrected chi connectivity index (χ4v) is 5.08. The Morgan fingerprint density at radius 1 is 1.07 bits per heavy atom. The SMILES string of the molecule is CC(C)C(=N)CC(C)n1ccc2cc(C(=O)N3CCN(C4CCCC4)CC3)ccc21. The number of hydrogen-bond acceptors (Lipinski definition) is 3. The lowest BCUT2D eigenvalue weighted by Crippen LogP contribution is -2.51. The van der Waals surface area contributed by atoms with Crippen molar-refractivity contribution in [2.45, 2.75) is 65.0 Å². The Balaban J connectivity index is 1.42. The standard InChI is InChI=1S/C25H36N4O/c1-18(2)23(26)16-19(3)29-11-10-20-17-21(8-9-24(20)29)25(30)28-14-12-27(13-15-28)22-6-4-5-7-22/h8-11,17-19,22,26H,4-7,12-16H2,1-3H3. The summed E-state index contributed by atoms with van der Waals surface area (Å²) >= 11 is 0.